The van der Waals surface area contributed by atoms with Crippen LogP contribution in [0, 0.1) is 20.2 Å². The first-order valence-electron chi connectivity index (χ1n) is 10.6. The van der Waals surface area contributed by atoms with Crippen molar-refractivity contribution < 1.29 is 9.85 Å². The normalized spacial score (nSPS) is 10.7. The molecule has 0 saturated carbocycles. The Morgan fingerprint density at radius 3 is 2.17 bits per heavy atom. The van der Waals surface area contributed by atoms with Crippen LogP contribution in [0.15, 0.2) is 84.0 Å². The van der Waals surface area contributed by atoms with Crippen LogP contribution in [-0.4, -0.2) is 31.0 Å². The summed E-state index contributed by atoms with van der Waals surface area (Å²) in [6, 6.07) is 21.6. The molecule has 0 saturated heterocycles. The van der Waals surface area contributed by atoms with Gasteiger partial charge in [0.25, 0.3) is 11.4 Å². The van der Waals surface area contributed by atoms with Crippen LogP contribution in [0.3, 0.4) is 0 Å². The number of nitrogens with zero attached hydrogens (tertiary/aromatic N) is 6. The topological polar surface area (TPSA) is 173 Å². The summed E-state index contributed by atoms with van der Waals surface area (Å²) in [7, 11) is 0. The van der Waals surface area contributed by atoms with E-state index in [0.29, 0.717) is 17.8 Å². The van der Waals surface area contributed by atoms with Gasteiger partial charge >= 0.3 is 0 Å². The van der Waals surface area contributed by atoms with Gasteiger partial charge in [0.2, 0.25) is 17.8 Å². The molecule has 0 bridgehead atoms. The molecule has 0 fully saturated rings. The van der Waals surface area contributed by atoms with E-state index in [1.807, 2.05) is 30.3 Å². The van der Waals surface area contributed by atoms with Gasteiger partial charge in [-0.15, -0.1) is 0 Å². The molecule has 0 aliphatic heterocycles. The summed E-state index contributed by atoms with van der Waals surface area (Å²) < 4.78 is 0. The molecule has 1 heterocycles. The molecule has 4 aromatic rings. The molecule has 0 spiro atoms. The van der Waals surface area contributed by atoms with E-state index in [1.54, 1.807) is 18.2 Å². The zero-order chi connectivity index (χ0) is 25.3. The molecule has 0 aliphatic rings. The maximum absolute atomic E-state index is 11.2. The zero-order valence-electron chi connectivity index (χ0n) is 18.6. The Morgan fingerprint density at radius 2 is 1.44 bits per heavy atom. The fraction of sp³-hybridized carbons (Fsp3) is 0.0435. The van der Waals surface area contributed by atoms with Crippen molar-refractivity contribution >= 4 is 41.1 Å². The van der Waals surface area contributed by atoms with Crippen molar-refractivity contribution in [2.75, 3.05) is 16.1 Å². The number of hydrazone groups is 1. The van der Waals surface area contributed by atoms with Gasteiger partial charge in [0.05, 0.1) is 21.6 Å². The molecule has 36 heavy (non-hydrogen) atoms. The molecule has 0 unspecified atom stereocenters. The van der Waals surface area contributed by atoms with E-state index in [2.05, 4.69) is 36.1 Å². The second kappa shape index (κ2) is 11.1. The van der Waals surface area contributed by atoms with Crippen molar-refractivity contribution in [3.05, 3.63) is 110 Å². The number of hydrogen-bond donors (Lipinski definition) is 3. The Kier molecular flexibility index (Phi) is 7.31. The predicted octanol–water partition coefficient (Wildman–Crippen LogP) is 4.49. The monoisotopic (exact) mass is 485 g/mol. The summed E-state index contributed by atoms with van der Waals surface area (Å²) in [5.74, 6) is 0.458. The summed E-state index contributed by atoms with van der Waals surface area (Å²) in [6.45, 7) is 0.445. The third-order valence-corrected chi connectivity index (χ3v) is 4.76. The maximum atomic E-state index is 11.2. The van der Waals surface area contributed by atoms with Crippen molar-refractivity contribution in [3.8, 4) is 0 Å². The lowest BCUT2D eigenvalue weighted by Crippen LogP contribution is -2.09. The molecule has 13 heteroatoms. The van der Waals surface area contributed by atoms with Crippen LogP contribution in [-0.2, 0) is 6.54 Å². The molecular formula is C23H19N9O4. The summed E-state index contributed by atoms with van der Waals surface area (Å²) in [5.41, 5.74) is 4.35. The molecular weight excluding hydrogens is 466 g/mol. The molecule has 13 nitrogen and oxygen atoms in total. The van der Waals surface area contributed by atoms with Gasteiger partial charge in [-0.25, -0.2) is 5.43 Å². The Bertz CT molecular complexity index is 1400. The number of nitro groups is 2. The van der Waals surface area contributed by atoms with Crippen LogP contribution in [0.1, 0.15) is 11.1 Å². The molecule has 1 aromatic heterocycles. The lowest BCUT2D eigenvalue weighted by atomic mass is 10.2. The fourth-order valence-electron chi connectivity index (χ4n) is 3.06. The maximum Gasteiger partial charge on any atom is 0.278 e. The summed E-state index contributed by atoms with van der Waals surface area (Å²) in [5, 5.41) is 32.2. The van der Waals surface area contributed by atoms with Gasteiger partial charge in [-0.3, -0.25) is 20.2 Å². The standard InChI is InChI=1S/C23H19N9O4/c33-31(34)19-12-10-18(11-13-19)26-22-27-21(24-14-16-6-2-1-3-7-16)28-23(29-22)30-25-15-17-8-4-5-9-20(17)32(35)36/h1-13,15H,14H2,(H3,24,26,27,28,29,30)/b25-15+. The molecule has 0 amide bonds. The SMILES string of the molecule is O=[N+]([O-])c1ccc(Nc2nc(NCc3ccccc3)nc(N/N=C/c3ccccc3[N+](=O)[O-])n2)cc1. The number of anilines is 4. The van der Waals surface area contributed by atoms with Crippen LogP contribution in [0.25, 0.3) is 0 Å². The van der Waals surface area contributed by atoms with E-state index in [-0.39, 0.29) is 29.2 Å². The third kappa shape index (κ3) is 6.32. The Hall–Kier alpha value is -5.46. The van der Waals surface area contributed by atoms with Crippen molar-refractivity contribution in [2.24, 2.45) is 5.10 Å². The average molecular weight is 485 g/mol. The first-order chi connectivity index (χ1) is 17.5. The number of nitro benzene ring substituents is 2. The van der Waals surface area contributed by atoms with E-state index >= 15 is 0 Å². The second-order valence-corrected chi connectivity index (χ2v) is 7.26. The van der Waals surface area contributed by atoms with Crippen LogP contribution in [0.2, 0.25) is 0 Å². The van der Waals surface area contributed by atoms with Crippen molar-refractivity contribution in [2.45, 2.75) is 6.54 Å². The lowest BCUT2D eigenvalue weighted by molar-refractivity contribution is -0.385. The number of nitrogens with one attached hydrogen (secondary N) is 3. The number of benzene rings is 3. The van der Waals surface area contributed by atoms with Gasteiger partial charge in [-0.2, -0.15) is 20.1 Å². The van der Waals surface area contributed by atoms with Crippen LogP contribution in [0.5, 0.6) is 0 Å². The van der Waals surface area contributed by atoms with Gasteiger partial charge in [-0.05, 0) is 23.8 Å². The van der Waals surface area contributed by atoms with Crippen molar-refractivity contribution in [3.63, 3.8) is 0 Å². The Morgan fingerprint density at radius 1 is 0.778 bits per heavy atom. The van der Waals surface area contributed by atoms with Gasteiger partial charge in [0, 0.05) is 30.4 Å². The van der Waals surface area contributed by atoms with Crippen molar-refractivity contribution in [1.82, 2.24) is 15.0 Å². The minimum Gasteiger partial charge on any atom is -0.350 e. The number of rotatable bonds is 10. The van der Waals surface area contributed by atoms with Crippen LogP contribution < -0.4 is 16.1 Å². The number of para-hydroxylation sites is 1. The van der Waals surface area contributed by atoms with E-state index in [9.17, 15) is 20.2 Å². The smallest absolute Gasteiger partial charge is 0.278 e. The third-order valence-electron chi connectivity index (χ3n) is 4.76. The molecule has 3 N–H and O–H groups in total. The first-order valence-corrected chi connectivity index (χ1v) is 10.6. The van der Waals surface area contributed by atoms with E-state index in [0.717, 1.165) is 5.56 Å². The van der Waals surface area contributed by atoms with Gasteiger partial charge in [-0.1, -0.05) is 42.5 Å². The summed E-state index contributed by atoms with van der Waals surface area (Å²) in [6.07, 6.45) is 1.29. The van der Waals surface area contributed by atoms with Gasteiger partial charge in [0.15, 0.2) is 0 Å². The molecule has 0 aliphatic carbocycles. The molecule has 0 radical (unpaired) electrons. The largest absolute Gasteiger partial charge is 0.350 e. The Balaban J connectivity index is 1.56. The quantitative estimate of drug-likeness (QED) is 0.165. The molecule has 180 valence electrons. The molecule has 3 aromatic carbocycles. The molecule has 4 rings (SSSR count). The highest BCUT2D eigenvalue weighted by atomic mass is 16.6. The van der Waals surface area contributed by atoms with Crippen molar-refractivity contribution in [1.29, 1.82) is 0 Å². The highest BCUT2D eigenvalue weighted by molar-refractivity contribution is 5.85. The highest BCUT2D eigenvalue weighted by Crippen LogP contribution is 2.20. The fourth-order valence-corrected chi connectivity index (χ4v) is 3.06. The minimum absolute atomic E-state index is 0.0480. The number of aromatic nitrogens is 3. The van der Waals surface area contributed by atoms with E-state index in [1.165, 1.54) is 36.5 Å². The first kappa shape index (κ1) is 23.7. The summed E-state index contributed by atoms with van der Waals surface area (Å²) in [4.78, 5) is 34.0. The van der Waals surface area contributed by atoms with Crippen LogP contribution >= 0.6 is 0 Å². The highest BCUT2D eigenvalue weighted by Gasteiger charge is 2.11. The van der Waals surface area contributed by atoms with Gasteiger partial charge in [0.1, 0.15) is 0 Å². The van der Waals surface area contributed by atoms with E-state index in [4.69, 9.17) is 0 Å². The van der Waals surface area contributed by atoms with Gasteiger partial charge < -0.3 is 10.6 Å². The van der Waals surface area contributed by atoms with Crippen LogP contribution in [0.4, 0.5) is 34.9 Å². The summed E-state index contributed by atoms with van der Waals surface area (Å²) >= 11 is 0. The second-order valence-electron chi connectivity index (χ2n) is 7.26. The zero-order valence-corrected chi connectivity index (χ0v) is 18.6. The number of non-ortho nitro benzene ring substituents is 1. The average Bonchev–Trinajstić information content (AvgIpc) is 2.88. The van der Waals surface area contributed by atoms with E-state index < -0.39 is 9.85 Å². The number of hydrogen-bond acceptors (Lipinski definition) is 11. The predicted molar refractivity (Wildman–Crippen MR) is 134 cm³/mol. The Labute approximate surface area is 204 Å². The molecule has 0 atom stereocenters. The lowest BCUT2D eigenvalue weighted by Gasteiger charge is -2.10. The minimum atomic E-state index is -0.498.